The van der Waals surface area contributed by atoms with Crippen LogP contribution >= 0.6 is 11.6 Å². The summed E-state index contributed by atoms with van der Waals surface area (Å²) in [7, 11) is 0. The number of anilines is 1. The zero-order valence-corrected chi connectivity index (χ0v) is 12.1. The molecule has 2 aromatic rings. The molecule has 0 fully saturated rings. The molecule has 0 saturated carbocycles. The summed E-state index contributed by atoms with van der Waals surface area (Å²) in [6.45, 7) is 0.0479. The third-order valence-corrected chi connectivity index (χ3v) is 3.07. The van der Waals surface area contributed by atoms with Gasteiger partial charge in [-0.3, -0.25) is 9.59 Å². The second-order valence-corrected chi connectivity index (χ2v) is 4.84. The minimum Gasteiger partial charge on any atom is -0.368 e. The monoisotopic (exact) mass is 322 g/mol. The minimum atomic E-state index is -0.785. The maximum Gasteiger partial charge on any atom is 0.288 e. The standard InChI is InChI=1S/C14H12ClFN4O2/c15-10-2-1-8(5-11(10)16)6-12(21)13(22)19-7-9-3-4-18-14(17)20-9/h1-5H,6-7H2,(H,19,22)(H2,17,18,20). The van der Waals surface area contributed by atoms with E-state index in [0.717, 1.165) is 6.07 Å². The zero-order valence-electron chi connectivity index (χ0n) is 11.3. The summed E-state index contributed by atoms with van der Waals surface area (Å²) in [4.78, 5) is 31.1. The van der Waals surface area contributed by atoms with Crippen LogP contribution in [0, 0.1) is 5.82 Å². The molecular formula is C14H12ClFN4O2. The Kier molecular flexibility index (Phi) is 5.00. The Morgan fingerprint density at radius 3 is 2.77 bits per heavy atom. The van der Waals surface area contributed by atoms with Crippen LogP contribution in [0.25, 0.3) is 0 Å². The number of rotatable bonds is 5. The number of amides is 1. The molecule has 1 amide bonds. The lowest BCUT2D eigenvalue weighted by molar-refractivity contribution is -0.137. The first-order valence-corrected chi connectivity index (χ1v) is 6.66. The first-order chi connectivity index (χ1) is 10.5. The lowest BCUT2D eigenvalue weighted by atomic mass is 10.1. The number of Topliss-reactive ketones (excluding diaryl/α,β-unsaturated/α-hetero) is 1. The quantitative estimate of drug-likeness (QED) is 0.808. The van der Waals surface area contributed by atoms with Crippen LogP contribution in [0.4, 0.5) is 10.3 Å². The molecule has 1 heterocycles. The lowest BCUT2D eigenvalue weighted by Gasteiger charge is -2.05. The molecule has 0 atom stereocenters. The number of nitrogens with zero attached hydrogens (tertiary/aromatic N) is 2. The van der Waals surface area contributed by atoms with Crippen molar-refractivity contribution in [2.45, 2.75) is 13.0 Å². The van der Waals surface area contributed by atoms with Gasteiger partial charge in [-0.1, -0.05) is 17.7 Å². The van der Waals surface area contributed by atoms with E-state index in [4.69, 9.17) is 17.3 Å². The van der Waals surface area contributed by atoms with Crippen LogP contribution in [0.5, 0.6) is 0 Å². The van der Waals surface area contributed by atoms with Crippen molar-refractivity contribution in [2.75, 3.05) is 5.73 Å². The maximum atomic E-state index is 13.3. The molecule has 0 aliphatic rings. The molecule has 0 aliphatic carbocycles. The van der Waals surface area contributed by atoms with Crippen LogP contribution < -0.4 is 11.1 Å². The molecule has 8 heteroatoms. The summed E-state index contributed by atoms with van der Waals surface area (Å²) in [6, 6.07) is 5.51. The van der Waals surface area contributed by atoms with Gasteiger partial charge in [0.05, 0.1) is 17.3 Å². The van der Waals surface area contributed by atoms with E-state index in [-0.39, 0.29) is 23.9 Å². The first-order valence-electron chi connectivity index (χ1n) is 6.28. The molecule has 1 aromatic carbocycles. The van der Waals surface area contributed by atoms with Crippen LogP contribution in [0.2, 0.25) is 5.02 Å². The topological polar surface area (TPSA) is 98.0 Å². The smallest absolute Gasteiger partial charge is 0.288 e. The SMILES string of the molecule is Nc1nccc(CNC(=O)C(=O)Cc2ccc(Cl)c(F)c2)n1. The molecule has 1 aromatic heterocycles. The van der Waals surface area contributed by atoms with Crippen molar-refractivity contribution in [2.24, 2.45) is 0 Å². The highest BCUT2D eigenvalue weighted by Gasteiger charge is 2.15. The van der Waals surface area contributed by atoms with E-state index in [9.17, 15) is 14.0 Å². The number of ketones is 1. The molecule has 3 N–H and O–H groups in total. The van der Waals surface area contributed by atoms with Gasteiger partial charge in [0.1, 0.15) is 5.82 Å². The van der Waals surface area contributed by atoms with Gasteiger partial charge in [-0.25, -0.2) is 14.4 Å². The van der Waals surface area contributed by atoms with E-state index < -0.39 is 17.5 Å². The van der Waals surface area contributed by atoms with Crippen molar-refractivity contribution in [3.8, 4) is 0 Å². The second-order valence-electron chi connectivity index (χ2n) is 4.44. The van der Waals surface area contributed by atoms with E-state index in [1.807, 2.05) is 0 Å². The Hall–Kier alpha value is -2.54. The van der Waals surface area contributed by atoms with Gasteiger partial charge in [0.15, 0.2) is 0 Å². The van der Waals surface area contributed by atoms with Crippen molar-refractivity contribution in [3.63, 3.8) is 0 Å². The Morgan fingerprint density at radius 2 is 2.09 bits per heavy atom. The molecule has 0 bridgehead atoms. The maximum absolute atomic E-state index is 13.3. The van der Waals surface area contributed by atoms with Gasteiger partial charge in [-0.2, -0.15) is 0 Å². The number of hydrogen-bond acceptors (Lipinski definition) is 5. The highest BCUT2D eigenvalue weighted by atomic mass is 35.5. The molecule has 6 nitrogen and oxygen atoms in total. The molecule has 0 radical (unpaired) electrons. The lowest BCUT2D eigenvalue weighted by Crippen LogP contribution is -2.32. The van der Waals surface area contributed by atoms with Gasteiger partial charge in [-0.05, 0) is 23.8 Å². The average Bonchev–Trinajstić information content (AvgIpc) is 2.48. The number of nitrogens with two attached hydrogens (primary N) is 1. The number of benzene rings is 1. The van der Waals surface area contributed by atoms with Gasteiger partial charge in [0.25, 0.3) is 5.91 Å². The van der Waals surface area contributed by atoms with E-state index in [2.05, 4.69) is 15.3 Å². The number of carbonyl (C=O) groups excluding carboxylic acids is 2. The van der Waals surface area contributed by atoms with Gasteiger partial charge < -0.3 is 11.1 Å². The van der Waals surface area contributed by atoms with Crippen LogP contribution in [-0.2, 0) is 22.6 Å². The Balaban J connectivity index is 1.92. The third kappa shape index (κ3) is 4.23. The van der Waals surface area contributed by atoms with Crippen LogP contribution in [0.3, 0.4) is 0 Å². The van der Waals surface area contributed by atoms with Crippen molar-refractivity contribution in [1.29, 1.82) is 0 Å². The Bertz CT molecular complexity index is 724. The molecule has 0 spiro atoms. The average molecular weight is 323 g/mol. The highest BCUT2D eigenvalue weighted by molar-refractivity contribution is 6.36. The van der Waals surface area contributed by atoms with E-state index >= 15 is 0 Å². The predicted molar refractivity (Wildman–Crippen MR) is 78.4 cm³/mol. The number of aromatic nitrogens is 2. The van der Waals surface area contributed by atoms with Crippen LogP contribution in [-0.4, -0.2) is 21.7 Å². The van der Waals surface area contributed by atoms with Crippen LogP contribution in [0.1, 0.15) is 11.3 Å². The fourth-order valence-corrected chi connectivity index (χ4v) is 1.81. The molecule has 114 valence electrons. The van der Waals surface area contributed by atoms with E-state index in [0.29, 0.717) is 11.3 Å². The third-order valence-electron chi connectivity index (χ3n) is 2.76. The van der Waals surface area contributed by atoms with Crippen molar-refractivity contribution < 1.29 is 14.0 Å². The van der Waals surface area contributed by atoms with Gasteiger partial charge >= 0.3 is 0 Å². The highest BCUT2D eigenvalue weighted by Crippen LogP contribution is 2.16. The van der Waals surface area contributed by atoms with Gasteiger partial charge in [0, 0.05) is 12.6 Å². The van der Waals surface area contributed by atoms with Gasteiger partial charge in [-0.15, -0.1) is 0 Å². The fraction of sp³-hybridized carbons (Fsp3) is 0.143. The van der Waals surface area contributed by atoms with Crippen molar-refractivity contribution in [1.82, 2.24) is 15.3 Å². The summed E-state index contributed by atoms with van der Waals surface area (Å²) in [5.41, 5.74) is 6.25. The summed E-state index contributed by atoms with van der Waals surface area (Å²) < 4.78 is 13.3. The summed E-state index contributed by atoms with van der Waals surface area (Å²) >= 11 is 5.55. The second kappa shape index (κ2) is 6.95. The molecular weight excluding hydrogens is 311 g/mol. The summed E-state index contributed by atoms with van der Waals surface area (Å²) in [5.74, 6) is -2.03. The molecule has 2 rings (SSSR count). The molecule has 0 saturated heterocycles. The Labute approximate surface area is 130 Å². The number of nitrogens with one attached hydrogen (secondary N) is 1. The number of carbonyl (C=O) groups is 2. The van der Waals surface area contributed by atoms with E-state index in [1.54, 1.807) is 6.07 Å². The normalized spacial score (nSPS) is 10.3. The zero-order chi connectivity index (χ0) is 16.1. The fourth-order valence-electron chi connectivity index (χ4n) is 1.70. The van der Waals surface area contributed by atoms with Crippen molar-refractivity contribution >= 4 is 29.2 Å². The predicted octanol–water partition coefficient (Wildman–Crippen LogP) is 1.28. The Morgan fingerprint density at radius 1 is 1.32 bits per heavy atom. The number of hydrogen-bond donors (Lipinski definition) is 2. The van der Waals surface area contributed by atoms with E-state index in [1.165, 1.54) is 18.3 Å². The summed E-state index contributed by atoms with van der Waals surface area (Å²) in [6.07, 6.45) is 1.23. The number of halogens is 2. The van der Waals surface area contributed by atoms with Crippen molar-refractivity contribution in [3.05, 3.63) is 52.6 Å². The van der Waals surface area contributed by atoms with Gasteiger partial charge in [0.2, 0.25) is 11.7 Å². The minimum absolute atomic E-state index is 0.0398. The largest absolute Gasteiger partial charge is 0.368 e. The number of nitrogen functional groups attached to an aromatic ring is 1. The van der Waals surface area contributed by atoms with Crippen LogP contribution in [0.15, 0.2) is 30.5 Å². The first kappa shape index (κ1) is 15.8. The molecule has 0 aliphatic heterocycles. The molecule has 0 unspecified atom stereocenters. The molecule has 22 heavy (non-hydrogen) atoms. The summed E-state index contributed by atoms with van der Waals surface area (Å²) in [5, 5.41) is 2.38.